The summed E-state index contributed by atoms with van der Waals surface area (Å²) in [5.74, 6) is -0.254. The van der Waals surface area contributed by atoms with Gasteiger partial charge in [-0.15, -0.1) is 0 Å². The summed E-state index contributed by atoms with van der Waals surface area (Å²) in [5, 5.41) is 0. The molecule has 0 saturated heterocycles. The molecule has 1 fully saturated rings. The lowest BCUT2D eigenvalue weighted by molar-refractivity contribution is -0.145. The molecular weight excluding hydrogens is 338 g/mol. The van der Waals surface area contributed by atoms with Crippen molar-refractivity contribution in [2.45, 2.75) is 72.0 Å². The van der Waals surface area contributed by atoms with Crippen LogP contribution in [0.1, 0.15) is 65.7 Å². The van der Waals surface area contributed by atoms with E-state index in [1.807, 2.05) is 13.8 Å². The minimum atomic E-state index is -0.868. The summed E-state index contributed by atoms with van der Waals surface area (Å²) in [4.78, 5) is 0. The molecule has 0 bridgehead atoms. The van der Waals surface area contributed by atoms with Crippen molar-refractivity contribution in [3.05, 3.63) is 23.0 Å². The molecule has 0 spiro atoms. The van der Waals surface area contributed by atoms with E-state index in [2.05, 4.69) is 6.92 Å². The lowest BCUT2D eigenvalue weighted by atomic mass is 9.81. The van der Waals surface area contributed by atoms with Crippen LogP contribution in [0.15, 0.2) is 23.0 Å². The molecule has 2 atom stereocenters. The van der Waals surface area contributed by atoms with E-state index in [4.69, 9.17) is 14.2 Å². The molecule has 1 saturated carbocycles. The van der Waals surface area contributed by atoms with Crippen molar-refractivity contribution in [1.29, 1.82) is 0 Å². The number of rotatable bonds is 9. The monoisotopic (exact) mass is 372 g/mol. The van der Waals surface area contributed by atoms with Crippen LogP contribution in [0.2, 0.25) is 0 Å². The van der Waals surface area contributed by atoms with Gasteiger partial charge in [0.05, 0.1) is 20.3 Å². The van der Waals surface area contributed by atoms with Crippen molar-refractivity contribution < 1.29 is 23.0 Å². The quantitative estimate of drug-likeness (QED) is 0.460. The zero-order valence-electron chi connectivity index (χ0n) is 16.7. The first-order valence-corrected chi connectivity index (χ1v) is 10.0. The lowest BCUT2D eigenvalue weighted by Gasteiger charge is -2.29. The van der Waals surface area contributed by atoms with Crippen LogP contribution in [0.4, 0.5) is 8.78 Å². The Bertz CT molecular complexity index is 507. The van der Waals surface area contributed by atoms with Crippen LogP contribution in [-0.4, -0.2) is 26.6 Å². The molecule has 150 valence electrons. The van der Waals surface area contributed by atoms with Gasteiger partial charge in [-0.2, -0.15) is 0 Å². The standard InChI is InChI=1S/C21H34F2O3/c1-5-16-6-8-17(9-7-16)13-26-15(3)25-12-14(2)18-10-11-19(24-4)21(23)20(18)22/h14-17H,5-13H2,1-4H3. The second-order valence-electron chi connectivity index (χ2n) is 7.71. The second kappa shape index (κ2) is 10.4. The van der Waals surface area contributed by atoms with Crippen LogP contribution in [-0.2, 0) is 14.2 Å². The van der Waals surface area contributed by atoms with Gasteiger partial charge in [0.15, 0.2) is 17.9 Å². The van der Waals surface area contributed by atoms with Gasteiger partial charge < -0.3 is 14.2 Å². The molecule has 5 heteroatoms. The van der Waals surface area contributed by atoms with E-state index >= 15 is 0 Å². The molecule has 0 aromatic rings. The maximum Gasteiger partial charge on any atom is 0.196 e. The molecular formula is C21H34F2O3. The van der Waals surface area contributed by atoms with E-state index in [1.165, 1.54) is 39.2 Å². The minimum Gasteiger partial charge on any atom is -0.498 e. The Labute approximate surface area is 156 Å². The number of methoxy groups -OCH3 is 1. The molecule has 2 aliphatic rings. The van der Waals surface area contributed by atoms with Crippen LogP contribution in [0, 0.1) is 17.8 Å². The van der Waals surface area contributed by atoms with E-state index in [9.17, 15) is 8.78 Å². The predicted molar refractivity (Wildman–Crippen MR) is 98.8 cm³/mol. The second-order valence-corrected chi connectivity index (χ2v) is 7.71. The Hall–Kier alpha value is -0.940. The largest absolute Gasteiger partial charge is 0.498 e. The molecule has 26 heavy (non-hydrogen) atoms. The smallest absolute Gasteiger partial charge is 0.196 e. The van der Waals surface area contributed by atoms with Crippen molar-refractivity contribution in [2.24, 2.45) is 17.8 Å². The molecule has 0 aliphatic heterocycles. The van der Waals surface area contributed by atoms with Crippen molar-refractivity contribution in [3.63, 3.8) is 0 Å². The third-order valence-corrected chi connectivity index (χ3v) is 5.87. The Kier molecular flexibility index (Phi) is 8.55. The van der Waals surface area contributed by atoms with Crippen molar-refractivity contribution >= 4 is 0 Å². The Balaban J connectivity index is 1.73. The normalized spacial score (nSPS) is 26.8. The Morgan fingerprint density at radius 3 is 2.23 bits per heavy atom. The fraction of sp³-hybridized carbons (Fsp3) is 0.810. The highest BCUT2D eigenvalue weighted by Crippen LogP contribution is 2.36. The summed E-state index contributed by atoms with van der Waals surface area (Å²) in [5.41, 5.74) is 0.466. The highest BCUT2D eigenvalue weighted by atomic mass is 19.2. The molecule has 2 rings (SSSR count). The minimum absolute atomic E-state index is 0.0915. The molecule has 0 radical (unpaired) electrons. The molecule has 2 unspecified atom stereocenters. The first kappa shape index (κ1) is 21.4. The van der Waals surface area contributed by atoms with Crippen molar-refractivity contribution in [3.8, 4) is 0 Å². The zero-order chi connectivity index (χ0) is 19.1. The van der Waals surface area contributed by atoms with Gasteiger partial charge in [0.25, 0.3) is 0 Å². The molecule has 0 heterocycles. The molecule has 3 nitrogen and oxygen atoms in total. The molecule has 2 aliphatic carbocycles. The third kappa shape index (κ3) is 5.78. The number of hydrogen-bond acceptors (Lipinski definition) is 3. The highest BCUT2D eigenvalue weighted by molar-refractivity contribution is 5.33. The molecule has 0 aromatic heterocycles. The van der Waals surface area contributed by atoms with E-state index in [0.717, 1.165) is 12.5 Å². The Morgan fingerprint density at radius 2 is 1.62 bits per heavy atom. The maximum atomic E-state index is 14.2. The van der Waals surface area contributed by atoms with Crippen LogP contribution in [0.5, 0.6) is 0 Å². The van der Waals surface area contributed by atoms with E-state index in [-0.39, 0.29) is 18.0 Å². The average molecular weight is 372 g/mol. The first-order valence-electron chi connectivity index (χ1n) is 10.0. The van der Waals surface area contributed by atoms with Gasteiger partial charge in [-0.25, -0.2) is 8.78 Å². The summed E-state index contributed by atoms with van der Waals surface area (Å²) in [6.45, 7) is 7.04. The fourth-order valence-electron chi connectivity index (χ4n) is 3.89. The van der Waals surface area contributed by atoms with Gasteiger partial charge in [0, 0.05) is 12.3 Å². The van der Waals surface area contributed by atoms with Gasteiger partial charge in [0.1, 0.15) is 5.76 Å². The predicted octanol–water partition coefficient (Wildman–Crippen LogP) is 6.06. The zero-order valence-corrected chi connectivity index (χ0v) is 16.7. The summed E-state index contributed by atoms with van der Waals surface area (Å²) in [7, 11) is 1.37. The number of hydrogen-bond donors (Lipinski definition) is 0. The molecule has 0 N–H and O–H groups in total. The van der Waals surface area contributed by atoms with Gasteiger partial charge in [-0.1, -0.05) is 33.1 Å². The Morgan fingerprint density at radius 1 is 0.962 bits per heavy atom. The number of allylic oxidation sites excluding steroid dienone is 3. The third-order valence-electron chi connectivity index (χ3n) is 5.87. The van der Waals surface area contributed by atoms with Crippen LogP contribution < -0.4 is 0 Å². The van der Waals surface area contributed by atoms with E-state index in [0.29, 0.717) is 30.9 Å². The van der Waals surface area contributed by atoms with Gasteiger partial charge in [-0.05, 0) is 43.6 Å². The number of halogens is 2. The summed E-state index contributed by atoms with van der Waals surface area (Å²) < 4.78 is 44.5. The van der Waals surface area contributed by atoms with Crippen LogP contribution in [0.25, 0.3) is 0 Å². The average Bonchev–Trinajstić information content (AvgIpc) is 2.66. The van der Waals surface area contributed by atoms with Crippen molar-refractivity contribution in [2.75, 3.05) is 20.3 Å². The molecule has 0 amide bonds. The lowest BCUT2D eigenvalue weighted by Crippen LogP contribution is -2.24. The number of ether oxygens (including phenoxy) is 3. The SMILES string of the molecule is CCC1CCC(COC(C)OCC(C)C2=C(F)C(F)=C(OC)CC2)CC1. The van der Waals surface area contributed by atoms with E-state index < -0.39 is 11.7 Å². The van der Waals surface area contributed by atoms with Gasteiger partial charge in [-0.3, -0.25) is 0 Å². The van der Waals surface area contributed by atoms with Crippen molar-refractivity contribution in [1.82, 2.24) is 0 Å². The first-order chi connectivity index (χ1) is 12.5. The van der Waals surface area contributed by atoms with E-state index in [1.54, 1.807) is 0 Å². The van der Waals surface area contributed by atoms with Crippen LogP contribution >= 0.6 is 0 Å². The highest BCUT2D eigenvalue weighted by Gasteiger charge is 2.27. The summed E-state index contributed by atoms with van der Waals surface area (Å²) >= 11 is 0. The fourth-order valence-corrected chi connectivity index (χ4v) is 3.89. The topological polar surface area (TPSA) is 27.7 Å². The molecule has 0 aromatic carbocycles. The maximum absolute atomic E-state index is 14.2. The summed E-state index contributed by atoms with van der Waals surface area (Å²) in [6, 6.07) is 0. The summed E-state index contributed by atoms with van der Waals surface area (Å²) in [6.07, 6.45) is 6.85. The van der Waals surface area contributed by atoms with Gasteiger partial charge in [0.2, 0.25) is 0 Å². The van der Waals surface area contributed by atoms with Gasteiger partial charge >= 0.3 is 0 Å². The van der Waals surface area contributed by atoms with Crippen LogP contribution in [0.3, 0.4) is 0 Å².